The molecule has 0 aliphatic rings. The molecule has 0 bridgehead atoms. The molecule has 0 aliphatic heterocycles. The number of para-hydroxylation sites is 2. The molecule has 192 valence electrons. The van der Waals surface area contributed by atoms with E-state index >= 15 is 0 Å². The van der Waals surface area contributed by atoms with Crippen molar-refractivity contribution in [2.75, 3.05) is 23.7 Å². The minimum atomic E-state index is -4.09. The van der Waals surface area contributed by atoms with Crippen LogP contribution < -0.4 is 14.4 Å². The van der Waals surface area contributed by atoms with E-state index in [1.54, 1.807) is 61.5 Å². The summed E-state index contributed by atoms with van der Waals surface area (Å²) in [6, 6.07) is 20.4. The highest BCUT2D eigenvalue weighted by molar-refractivity contribution is 7.93. The molecule has 0 aliphatic carbocycles. The Morgan fingerprint density at radius 1 is 0.861 bits per heavy atom. The zero-order valence-corrected chi connectivity index (χ0v) is 22.1. The number of carbonyl (C=O) groups excluding carboxylic acids is 1. The number of nitrogens with zero attached hydrogens (tertiary/aromatic N) is 1. The SMILES string of the molecule is CCOc1ccccc1N(CC(=O)NC(CC)c1ccc(S(C)(=O)=O)cc1)S(=O)(=O)c1ccccc1. The van der Waals surface area contributed by atoms with Crippen molar-refractivity contribution in [3.8, 4) is 5.75 Å². The molecule has 1 unspecified atom stereocenters. The highest BCUT2D eigenvalue weighted by Crippen LogP contribution is 2.32. The van der Waals surface area contributed by atoms with E-state index in [4.69, 9.17) is 4.74 Å². The minimum absolute atomic E-state index is 0.0486. The first-order valence-electron chi connectivity index (χ1n) is 11.5. The van der Waals surface area contributed by atoms with Crippen molar-refractivity contribution < 1.29 is 26.4 Å². The standard InChI is InChI=1S/C26H30N2O6S2/c1-4-23(20-15-17-21(18-16-20)35(3,30)31)27-26(29)19-28(24-13-9-10-14-25(24)34-5-2)36(32,33)22-11-7-6-8-12-22/h6-18,23H,4-5,19H2,1-3H3,(H,27,29). The zero-order chi connectivity index (χ0) is 26.3. The number of ether oxygens (including phenoxy) is 1. The van der Waals surface area contributed by atoms with E-state index in [2.05, 4.69) is 5.32 Å². The molecule has 0 saturated heterocycles. The molecule has 3 rings (SSSR count). The van der Waals surface area contributed by atoms with Crippen LogP contribution in [0.25, 0.3) is 0 Å². The van der Waals surface area contributed by atoms with Crippen LogP contribution in [0.3, 0.4) is 0 Å². The van der Waals surface area contributed by atoms with Crippen LogP contribution in [-0.4, -0.2) is 42.2 Å². The van der Waals surface area contributed by atoms with Crippen molar-refractivity contribution >= 4 is 31.5 Å². The Hall–Kier alpha value is -3.37. The number of nitrogens with one attached hydrogen (secondary N) is 1. The van der Waals surface area contributed by atoms with Gasteiger partial charge in [-0.1, -0.05) is 49.4 Å². The lowest BCUT2D eigenvalue weighted by Crippen LogP contribution is -2.42. The molecule has 0 spiro atoms. The van der Waals surface area contributed by atoms with Crippen LogP contribution >= 0.6 is 0 Å². The number of hydrogen-bond acceptors (Lipinski definition) is 6. The summed E-state index contributed by atoms with van der Waals surface area (Å²) in [6.45, 7) is 3.52. The van der Waals surface area contributed by atoms with E-state index in [0.29, 0.717) is 24.3 Å². The average molecular weight is 531 g/mol. The molecular formula is C26H30N2O6S2. The third kappa shape index (κ3) is 6.44. The molecule has 36 heavy (non-hydrogen) atoms. The second-order valence-electron chi connectivity index (χ2n) is 8.10. The highest BCUT2D eigenvalue weighted by atomic mass is 32.2. The second kappa shape index (κ2) is 11.6. The minimum Gasteiger partial charge on any atom is -0.492 e. The lowest BCUT2D eigenvalue weighted by Gasteiger charge is -2.27. The predicted octanol–water partition coefficient (Wildman–Crippen LogP) is 3.95. The summed E-state index contributed by atoms with van der Waals surface area (Å²) in [6.07, 6.45) is 1.65. The molecule has 3 aromatic carbocycles. The fraction of sp³-hybridized carbons (Fsp3) is 0.269. The maximum absolute atomic E-state index is 13.6. The summed E-state index contributed by atoms with van der Waals surface area (Å²) >= 11 is 0. The average Bonchev–Trinajstić information content (AvgIpc) is 2.86. The predicted molar refractivity (Wildman–Crippen MR) is 139 cm³/mol. The molecule has 8 nitrogen and oxygen atoms in total. The molecule has 10 heteroatoms. The Morgan fingerprint density at radius 2 is 1.47 bits per heavy atom. The van der Waals surface area contributed by atoms with Gasteiger partial charge in [-0.3, -0.25) is 9.10 Å². The number of sulfone groups is 1. The number of hydrogen-bond donors (Lipinski definition) is 1. The van der Waals surface area contributed by atoms with Gasteiger partial charge in [0.05, 0.1) is 28.1 Å². The molecule has 1 N–H and O–H groups in total. The van der Waals surface area contributed by atoms with Crippen LogP contribution in [0.4, 0.5) is 5.69 Å². The topological polar surface area (TPSA) is 110 Å². The number of anilines is 1. The summed E-state index contributed by atoms with van der Waals surface area (Å²) in [7, 11) is -7.44. The van der Waals surface area contributed by atoms with Gasteiger partial charge in [-0.05, 0) is 55.3 Å². The van der Waals surface area contributed by atoms with Gasteiger partial charge in [0.25, 0.3) is 10.0 Å². The Labute approximate surface area is 212 Å². The smallest absolute Gasteiger partial charge is 0.264 e. The van der Waals surface area contributed by atoms with Gasteiger partial charge < -0.3 is 10.1 Å². The van der Waals surface area contributed by atoms with Crippen LogP contribution in [0, 0.1) is 0 Å². The molecule has 3 aromatic rings. The van der Waals surface area contributed by atoms with Gasteiger partial charge in [-0.25, -0.2) is 16.8 Å². The molecular weight excluding hydrogens is 500 g/mol. The van der Waals surface area contributed by atoms with Crippen LogP contribution in [0.1, 0.15) is 31.9 Å². The van der Waals surface area contributed by atoms with Gasteiger partial charge in [-0.2, -0.15) is 0 Å². The Morgan fingerprint density at radius 3 is 2.06 bits per heavy atom. The summed E-state index contributed by atoms with van der Waals surface area (Å²) < 4.78 is 57.4. The van der Waals surface area contributed by atoms with Crippen molar-refractivity contribution in [2.45, 2.75) is 36.1 Å². The largest absolute Gasteiger partial charge is 0.492 e. The van der Waals surface area contributed by atoms with E-state index in [0.717, 1.165) is 10.6 Å². The Bertz CT molecular complexity index is 1390. The van der Waals surface area contributed by atoms with Crippen LogP contribution in [0.2, 0.25) is 0 Å². The number of sulfonamides is 1. The fourth-order valence-corrected chi connectivity index (χ4v) is 5.78. The first-order valence-corrected chi connectivity index (χ1v) is 14.8. The van der Waals surface area contributed by atoms with Crippen molar-refractivity contribution in [3.05, 3.63) is 84.4 Å². The van der Waals surface area contributed by atoms with Crippen LogP contribution in [0.15, 0.2) is 88.7 Å². The Balaban J connectivity index is 1.93. The zero-order valence-electron chi connectivity index (χ0n) is 20.4. The van der Waals surface area contributed by atoms with Gasteiger partial charge in [0.1, 0.15) is 12.3 Å². The number of amides is 1. The molecule has 1 amide bonds. The number of rotatable bonds is 11. The van der Waals surface area contributed by atoms with Crippen LogP contribution in [0.5, 0.6) is 5.75 Å². The second-order valence-corrected chi connectivity index (χ2v) is 12.0. The van der Waals surface area contributed by atoms with Crippen molar-refractivity contribution in [1.29, 1.82) is 0 Å². The molecule has 0 fully saturated rings. The first kappa shape index (κ1) is 27.2. The molecule has 0 saturated carbocycles. The molecule has 0 radical (unpaired) electrons. The third-order valence-electron chi connectivity index (χ3n) is 5.51. The van der Waals surface area contributed by atoms with E-state index in [1.807, 2.05) is 6.92 Å². The maximum Gasteiger partial charge on any atom is 0.264 e. The van der Waals surface area contributed by atoms with Crippen molar-refractivity contribution in [3.63, 3.8) is 0 Å². The van der Waals surface area contributed by atoms with E-state index in [-0.39, 0.29) is 15.5 Å². The lowest BCUT2D eigenvalue weighted by atomic mass is 10.0. The van der Waals surface area contributed by atoms with Crippen molar-refractivity contribution in [1.82, 2.24) is 5.32 Å². The van der Waals surface area contributed by atoms with Gasteiger partial charge in [0.2, 0.25) is 5.91 Å². The van der Waals surface area contributed by atoms with E-state index in [1.165, 1.54) is 24.3 Å². The molecule has 0 heterocycles. The first-order chi connectivity index (χ1) is 17.1. The lowest BCUT2D eigenvalue weighted by molar-refractivity contribution is -0.120. The van der Waals surface area contributed by atoms with Gasteiger partial charge in [0, 0.05) is 6.26 Å². The maximum atomic E-state index is 13.6. The van der Waals surface area contributed by atoms with E-state index < -0.39 is 38.4 Å². The van der Waals surface area contributed by atoms with Gasteiger partial charge in [-0.15, -0.1) is 0 Å². The highest BCUT2D eigenvalue weighted by Gasteiger charge is 2.30. The summed E-state index contributed by atoms with van der Waals surface area (Å²) in [5.41, 5.74) is 0.967. The summed E-state index contributed by atoms with van der Waals surface area (Å²) in [4.78, 5) is 13.4. The number of benzene rings is 3. The van der Waals surface area contributed by atoms with Crippen molar-refractivity contribution in [2.24, 2.45) is 0 Å². The quantitative estimate of drug-likeness (QED) is 0.402. The molecule has 0 aromatic heterocycles. The van der Waals surface area contributed by atoms with Crippen LogP contribution in [-0.2, 0) is 24.7 Å². The van der Waals surface area contributed by atoms with E-state index in [9.17, 15) is 21.6 Å². The fourth-order valence-electron chi connectivity index (χ4n) is 3.70. The van der Waals surface area contributed by atoms with Gasteiger partial charge in [0.15, 0.2) is 9.84 Å². The molecule has 1 atom stereocenters. The van der Waals surface area contributed by atoms with Gasteiger partial charge >= 0.3 is 0 Å². The monoisotopic (exact) mass is 530 g/mol. The normalized spacial score (nSPS) is 12.5. The summed E-state index contributed by atoms with van der Waals surface area (Å²) in [5.74, 6) is -0.171. The Kier molecular flexibility index (Phi) is 8.75. The third-order valence-corrected chi connectivity index (χ3v) is 8.41. The summed E-state index contributed by atoms with van der Waals surface area (Å²) in [5, 5.41) is 2.88. The number of carbonyl (C=O) groups is 1.